The van der Waals surface area contributed by atoms with Crippen LogP contribution in [0.3, 0.4) is 0 Å². The number of hydrogen-bond donors (Lipinski definition) is 1. The lowest BCUT2D eigenvalue weighted by Gasteiger charge is -2.28. The summed E-state index contributed by atoms with van der Waals surface area (Å²) >= 11 is 0. The molecule has 4 heteroatoms. The maximum atomic E-state index is 12.4. The molecule has 1 aliphatic carbocycles. The zero-order chi connectivity index (χ0) is 13.9. The second kappa shape index (κ2) is 5.45. The molecule has 0 aromatic heterocycles. The van der Waals surface area contributed by atoms with Gasteiger partial charge in [-0.1, -0.05) is 17.7 Å². The third kappa shape index (κ3) is 2.63. The highest BCUT2D eigenvalue weighted by atomic mass is 16.7. The van der Waals surface area contributed by atoms with Crippen molar-refractivity contribution in [3.05, 3.63) is 48.0 Å². The van der Waals surface area contributed by atoms with Gasteiger partial charge >= 0.3 is 0 Å². The molecule has 1 aliphatic heterocycles. The second-order valence-corrected chi connectivity index (χ2v) is 4.85. The molecule has 1 fully saturated rings. The van der Waals surface area contributed by atoms with Gasteiger partial charge in [0.25, 0.3) is 0 Å². The van der Waals surface area contributed by atoms with E-state index in [0.29, 0.717) is 24.4 Å². The topological polar surface area (TPSA) is 55.8 Å². The van der Waals surface area contributed by atoms with Crippen LogP contribution in [-0.2, 0) is 14.3 Å². The Bertz CT molecular complexity index is 484. The quantitative estimate of drug-likeness (QED) is 0.772. The highest BCUT2D eigenvalue weighted by Gasteiger charge is 2.39. The summed E-state index contributed by atoms with van der Waals surface area (Å²) < 4.78 is 10.6. The normalized spacial score (nSPS) is 26.0. The molecule has 1 unspecified atom stereocenters. The first-order chi connectivity index (χ1) is 9.11. The van der Waals surface area contributed by atoms with E-state index in [4.69, 9.17) is 14.6 Å². The van der Waals surface area contributed by atoms with Crippen molar-refractivity contribution in [1.29, 1.82) is 0 Å². The van der Waals surface area contributed by atoms with Crippen LogP contribution in [0.5, 0.6) is 0 Å². The summed E-state index contributed by atoms with van der Waals surface area (Å²) in [5.74, 6) is 1.11. The van der Waals surface area contributed by atoms with Crippen molar-refractivity contribution in [2.45, 2.75) is 19.8 Å². The zero-order valence-corrected chi connectivity index (χ0v) is 11.0. The van der Waals surface area contributed by atoms with Crippen LogP contribution in [0.1, 0.15) is 19.8 Å². The summed E-state index contributed by atoms with van der Waals surface area (Å²) in [6, 6.07) is 0. The van der Waals surface area contributed by atoms with Crippen molar-refractivity contribution < 1.29 is 19.4 Å². The molecule has 2 rings (SSSR count). The first kappa shape index (κ1) is 13.6. The molecular formula is C15H18O4. The molecule has 2 aliphatic rings. The van der Waals surface area contributed by atoms with Gasteiger partial charge in [0.15, 0.2) is 17.3 Å². The SMILES string of the molecule is C=CCC1(CC=C(C)CO)C=C2OCOC2=CC1=O. The third-order valence-corrected chi connectivity index (χ3v) is 3.40. The van der Waals surface area contributed by atoms with Crippen LogP contribution in [-0.4, -0.2) is 24.3 Å². The molecule has 0 bridgehead atoms. The van der Waals surface area contributed by atoms with E-state index in [2.05, 4.69) is 6.58 Å². The van der Waals surface area contributed by atoms with Crippen molar-refractivity contribution >= 4 is 5.78 Å². The predicted octanol–water partition coefficient (Wildman–Crippen LogP) is 2.23. The Labute approximate surface area is 112 Å². The van der Waals surface area contributed by atoms with Crippen LogP contribution in [0.2, 0.25) is 0 Å². The van der Waals surface area contributed by atoms with Crippen molar-refractivity contribution in [2.75, 3.05) is 13.4 Å². The maximum Gasteiger partial charge on any atom is 0.231 e. The minimum atomic E-state index is -0.676. The molecule has 0 aromatic rings. The summed E-state index contributed by atoms with van der Waals surface area (Å²) in [6.45, 7) is 5.70. The van der Waals surface area contributed by atoms with Gasteiger partial charge in [-0.05, 0) is 25.8 Å². The molecule has 0 radical (unpaired) electrons. The molecule has 0 spiro atoms. The van der Waals surface area contributed by atoms with Gasteiger partial charge in [-0.3, -0.25) is 4.79 Å². The van der Waals surface area contributed by atoms with E-state index in [-0.39, 0.29) is 19.2 Å². The Morgan fingerprint density at radius 3 is 2.89 bits per heavy atom. The first-order valence-electron chi connectivity index (χ1n) is 6.23. The van der Waals surface area contributed by atoms with Crippen LogP contribution in [0, 0.1) is 5.41 Å². The van der Waals surface area contributed by atoms with Crippen LogP contribution >= 0.6 is 0 Å². The fourth-order valence-corrected chi connectivity index (χ4v) is 2.19. The van der Waals surface area contributed by atoms with E-state index in [1.165, 1.54) is 6.08 Å². The van der Waals surface area contributed by atoms with Gasteiger partial charge in [0.05, 0.1) is 12.0 Å². The maximum absolute atomic E-state index is 12.4. The predicted molar refractivity (Wildman–Crippen MR) is 70.9 cm³/mol. The minimum Gasteiger partial charge on any atom is -0.454 e. The van der Waals surface area contributed by atoms with Crippen LogP contribution in [0.15, 0.2) is 48.0 Å². The number of hydrogen-bond acceptors (Lipinski definition) is 4. The van der Waals surface area contributed by atoms with E-state index < -0.39 is 5.41 Å². The summed E-state index contributed by atoms with van der Waals surface area (Å²) in [5, 5.41) is 9.05. The summed E-state index contributed by atoms with van der Waals surface area (Å²) in [7, 11) is 0. The summed E-state index contributed by atoms with van der Waals surface area (Å²) in [5.41, 5.74) is 0.165. The zero-order valence-electron chi connectivity index (χ0n) is 11.0. The van der Waals surface area contributed by atoms with Crippen molar-refractivity contribution in [3.8, 4) is 0 Å². The first-order valence-corrected chi connectivity index (χ1v) is 6.23. The molecule has 1 atom stereocenters. The smallest absolute Gasteiger partial charge is 0.231 e. The Balaban J connectivity index is 2.32. The number of ether oxygens (including phenoxy) is 2. The molecule has 1 saturated heterocycles. The number of carbonyl (C=O) groups excluding carboxylic acids is 1. The van der Waals surface area contributed by atoms with Gasteiger partial charge in [-0.15, -0.1) is 6.58 Å². The Morgan fingerprint density at radius 2 is 2.21 bits per heavy atom. The van der Waals surface area contributed by atoms with Crippen LogP contribution < -0.4 is 0 Å². The van der Waals surface area contributed by atoms with Crippen LogP contribution in [0.25, 0.3) is 0 Å². The minimum absolute atomic E-state index is 0.00433. The van der Waals surface area contributed by atoms with Gasteiger partial charge in [-0.25, -0.2) is 0 Å². The standard InChI is InChI=1S/C15H18O4/c1-3-5-15(6-4-11(2)9-16)8-13-12(7-14(15)17)18-10-19-13/h3-4,7-8,16H,1,5-6,9-10H2,2H3. The van der Waals surface area contributed by atoms with Gasteiger partial charge in [-0.2, -0.15) is 0 Å². The highest BCUT2D eigenvalue weighted by Crippen LogP contribution is 2.40. The number of aliphatic hydroxyl groups is 1. The number of aliphatic hydroxyl groups excluding tert-OH is 1. The van der Waals surface area contributed by atoms with Gasteiger partial charge in [0.1, 0.15) is 0 Å². The summed E-state index contributed by atoms with van der Waals surface area (Å²) in [6.07, 6.45) is 7.96. The average Bonchev–Trinajstić information content (AvgIpc) is 2.83. The number of rotatable bonds is 5. The molecular weight excluding hydrogens is 244 g/mol. The molecule has 0 amide bonds. The monoisotopic (exact) mass is 262 g/mol. The van der Waals surface area contributed by atoms with E-state index in [0.717, 1.165) is 5.57 Å². The lowest BCUT2D eigenvalue weighted by Crippen LogP contribution is -2.30. The Kier molecular flexibility index (Phi) is 3.90. The Hall–Kier alpha value is -1.81. The van der Waals surface area contributed by atoms with Crippen molar-refractivity contribution in [3.63, 3.8) is 0 Å². The number of allylic oxidation sites excluding steroid dienone is 4. The van der Waals surface area contributed by atoms with E-state index in [1.54, 1.807) is 6.08 Å². The lowest BCUT2D eigenvalue weighted by molar-refractivity contribution is -0.121. The van der Waals surface area contributed by atoms with Crippen LogP contribution in [0.4, 0.5) is 0 Å². The molecule has 1 N–H and O–H groups in total. The van der Waals surface area contributed by atoms with E-state index in [9.17, 15) is 4.79 Å². The molecule has 0 aromatic carbocycles. The molecule has 4 nitrogen and oxygen atoms in total. The summed E-state index contributed by atoms with van der Waals surface area (Å²) in [4.78, 5) is 12.4. The molecule has 102 valence electrons. The molecule has 1 heterocycles. The highest BCUT2D eigenvalue weighted by molar-refractivity contribution is 5.99. The van der Waals surface area contributed by atoms with Gasteiger partial charge < -0.3 is 14.6 Å². The fraction of sp³-hybridized carbons (Fsp3) is 0.400. The largest absolute Gasteiger partial charge is 0.454 e. The average molecular weight is 262 g/mol. The molecule has 19 heavy (non-hydrogen) atoms. The lowest BCUT2D eigenvalue weighted by atomic mass is 9.74. The van der Waals surface area contributed by atoms with Gasteiger partial charge in [0, 0.05) is 6.08 Å². The Morgan fingerprint density at radius 1 is 1.47 bits per heavy atom. The van der Waals surface area contributed by atoms with E-state index in [1.807, 2.05) is 19.1 Å². The second-order valence-electron chi connectivity index (χ2n) is 4.85. The fourth-order valence-electron chi connectivity index (χ4n) is 2.19. The molecule has 0 saturated carbocycles. The third-order valence-electron chi connectivity index (χ3n) is 3.40. The van der Waals surface area contributed by atoms with Crippen molar-refractivity contribution in [1.82, 2.24) is 0 Å². The van der Waals surface area contributed by atoms with E-state index >= 15 is 0 Å². The number of fused-ring (bicyclic) bond motifs is 1. The number of ketones is 1. The number of carbonyl (C=O) groups is 1. The van der Waals surface area contributed by atoms with Crippen molar-refractivity contribution in [2.24, 2.45) is 5.41 Å². The van der Waals surface area contributed by atoms with Gasteiger partial charge in [0.2, 0.25) is 6.79 Å².